The molecule has 1 N–H and O–H groups in total. The molecule has 5 rings (SSSR count). The summed E-state index contributed by atoms with van der Waals surface area (Å²) in [6.45, 7) is 4.68. The number of carbonyl (C=O) groups excluding carboxylic acids is 2. The Balaban J connectivity index is 1.18. The van der Waals surface area contributed by atoms with E-state index in [2.05, 4.69) is 12.2 Å². The molecule has 31 heavy (non-hydrogen) atoms. The molecule has 0 radical (unpaired) electrons. The Hall–Kier alpha value is -2.54. The summed E-state index contributed by atoms with van der Waals surface area (Å²) in [5.74, 6) is 2.37. The molecule has 2 aromatic rings. The lowest BCUT2D eigenvalue weighted by Crippen LogP contribution is -2.37. The van der Waals surface area contributed by atoms with Crippen molar-refractivity contribution in [3.63, 3.8) is 0 Å². The Labute approximate surface area is 186 Å². The number of ether oxygens (including phenoxy) is 2. The average Bonchev–Trinajstić information content (AvgIpc) is 3.43. The van der Waals surface area contributed by atoms with Gasteiger partial charge in [-0.2, -0.15) is 0 Å². The second kappa shape index (κ2) is 8.54. The van der Waals surface area contributed by atoms with Gasteiger partial charge in [0.05, 0.1) is 4.88 Å². The van der Waals surface area contributed by atoms with Crippen molar-refractivity contribution in [3.8, 4) is 11.5 Å². The molecular formula is C24H28N2O4S. The lowest BCUT2D eigenvalue weighted by Gasteiger charge is -2.29. The van der Waals surface area contributed by atoms with E-state index in [0.717, 1.165) is 60.7 Å². The zero-order valence-electron chi connectivity index (χ0n) is 17.8. The minimum atomic E-state index is -0.0464. The van der Waals surface area contributed by atoms with Gasteiger partial charge in [-0.05, 0) is 67.3 Å². The summed E-state index contributed by atoms with van der Waals surface area (Å²) in [5, 5.41) is 3.07. The molecule has 1 atom stereocenters. The van der Waals surface area contributed by atoms with E-state index in [4.69, 9.17) is 9.47 Å². The molecule has 3 heterocycles. The number of hydrogen-bond acceptors (Lipinski definition) is 5. The number of benzene rings is 1. The van der Waals surface area contributed by atoms with Gasteiger partial charge in [-0.3, -0.25) is 9.59 Å². The summed E-state index contributed by atoms with van der Waals surface area (Å²) >= 11 is 1.62. The van der Waals surface area contributed by atoms with Gasteiger partial charge in [-0.1, -0.05) is 13.0 Å². The first-order valence-corrected chi connectivity index (χ1v) is 12.0. The van der Waals surface area contributed by atoms with Crippen LogP contribution in [0.2, 0.25) is 0 Å². The number of nitrogens with zero attached hydrogens (tertiary/aromatic N) is 1. The van der Waals surface area contributed by atoms with Crippen molar-refractivity contribution in [3.05, 3.63) is 45.1 Å². The third-order valence-corrected chi connectivity index (χ3v) is 7.86. The number of fused-ring (bicyclic) bond motifs is 2. The summed E-state index contributed by atoms with van der Waals surface area (Å²) in [4.78, 5) is 29.8. The van der Waals surface area contributed by atoms with Crippen LogP contribution in [0.15, 0.2) is 24.3 Å². The number of rotatable bonds is 4. The maximum absolute atomic E-state index is 12.9. The molecule has 1 aromatic carbocycles. The summed E-state index contributed by atoms with van der Waals surface area (Å²) in [6, 6.07) is 7.78. The maximum Gasteiger partial charge on any atom is 0.263 e. The van der Waals surface area contributed by atoms with E-state index in [9.17, 15) is 9.59 Å². The molecule has 164 valence electrons. The highest BCUT2D eigenvalue weighted by atomic mass is 32.1. The van der Waals surface area contributed by atoms with Crippen LogP contribution in [0, 0.1) is 11.8 Å². The van der Waals surface area contributed by atoms with Crippen LogP contribution in [0.1, 0.15) is 51.9 Å². The van der Waals surface area contributed by atoms with E-state index < -0.39 is 0 Å². The molecule has 0 unspecified atom stereocenters. The molecule has 1 aromatic heterocycles. The smallest absolute Gasteiger partial charge is 0.263 e. The molecule has 2 amide bonds. The number of likely N-dealkylation sites (tertiary alicyclic amines) is 1. The second-order valence-corrected chi connectivity index (χ2v) is 10.0. The highest BCUT2D eigenvalue weighted by Crippen LogP contribution is 2.34. The Morgan fingerprint density at radius 1 is 1.13 bits per heavy atom. The van der Waals surface area contributed by atoms with Crippen molar-refractivity contribution < 1.29 is 19.1 Å². The normalized spacial score (nSPS) is 20.4. The van der Waals surface area contributed by atoms with Crippen molar-refractivity contribution in [2.45, 2.75) is 45.6 Å². The van der Waals surface area contributed by atoms with Crippen molar-refractivity contribution in [1.82, 2.24) is 10.2 Å². The fraction of sp³-hybridized carbons (Fsp3) is 0.500. The van der Waals surface area contributed by atoms with Crippen LogP contribution in [0.4, 0.5) is 0 Å². The first-order valence-electron chi connectivity index (χ1n) is 11.1. The molecular weight excluding hydrogens is 412 g/mol. The quantitative estimate of drug-likeness (QED) is 0.786. The summed E-state index contributed by atoms with van der Waals surface area (Å²) in [5.41, 5.74) is 2.17. The minimum absolute atomic E-state index is 0.0464. The van der Waals surface area contributed by atoms with E-state index in [1.54, 1.807) is 11.3 Å². The number of carbonyl (C=O) groups is 2. The summed E-state index contributed by atoms with van der Waals surface area (Å²) in [6.07, 6.45) is 4.58. The number of piperidine rings is 1. The lowest BCUT2D eigenvalue weighted by atomic mass is 9.87. The largest absolute Gasteiger partial charge is 0.454 e. The molecule has 0 bridgehead atoms. The van der Waals surface area contributed by atoms with Gasteiger partial charge in [0, 0.05) is 30.4 Å². The van der Waals surface area contributed by atoms with Crippen LogP contribution < -0.4 is 14.8 Å². The van der Waals surface area contributed by atoms with Crippen molar-refractivity contribution >= 4 is 23.2 Å². The average molecular weight is 441 g/mol. The van der Waals surface area contributed by atoms with Crippen LogP contribution in [0.25, 0.3) is 0 Å². The van der Waals surface area contributed by atoms with Gasteiger partial charge in [0.1, 0.15) is 0 Å². The standard InChI is InChI=1S/C24H28N2O4S/c1-15-6-8-26(9-7-15)24(28)22-12-18-11-17(3-5-21(18)31-22)23(27)25-13-16-2-4-19-20(10-16)30-14-29-19/h2,4,10,12,15,17H,3,5-9,11,13-14H2,1H3,(H,25,27)/t17-/m1/s1. The maximum atomic E-state index is 12.9. The third-order valence-electron chi connectivity index (χ3n) is 6.64. The van der Waals surface area contributed by atoms with Crippen LogP contribution >= 0.6 is 11.3 Å². The zero-order valence-corrected chi connectivity index (χ0v) is 18.6. The van der Waals surface area contributed by atoms with Crippen LogP contribution in [-0.2, 0) is 24.2 Å². The van der Waals surface area contributed by atoms with Gasteiger partial charge < -0.3 is 19.7 Å². The van der Waals surface area contributed by atoms with Gasteiger partial charge in [0.15, 0.2) is 11.5 Å². The number of nitrogens with one attached hydrogen (secondary N) is 1. The molecule has 0 saturated carbocycles. The topological polar surface area (TPSA) is 67.9 Å². The number of hydrogen-bond donors (Lipinski definition) is 1. The van der Waals surface area contributed by atoms with E-state index in [-0.39, 0.29) is 24.5 Å². The molecule has 1 saturated heterocycles. The summed E-state index contributed by atoms with van der Waals surface area (Å²) < 4.78 is 10.7. The van der Waals surface area contributed by atoms with Crippen LogP contribution in [-0.4, -0.2) is 36.6 Å². The number of amides is 2. The molecule has 0 spiro atoms. The van der Waals surface area contributed by atoms with Crippen molar-refractivity contribution in [2.75, 3.05) is 19.9 Å². The SMILES string of the molecule is CC1CCN(C(=O)c2cc3c(s2)CC[C@@H](C(=O)NCc2ccc4c(c2)OCO4)C3)CC1. The number of aryl methyl sites for hydroxylation is 1. The van der Waals surface area contributed by atoms with Crippen molar-refractivity contribution in [1.29, 1.82) is 0 Å². The minimum Gasteiger partial charge on any atom is -0.454 e. The highest BCUT2D eigenvalue weighted by molar-refractivity contribution is 7.14. The molecule has 2 aliphatic heterocycles. The van der Waals surface area contributed by atoms with E-state index in [0.29, 0.717) is 18.9 Å². The molecule has 1 fully saturated rings. The predicted molar refractivity (Wildman–Crippen MR) is 119 cm³/mol. The first kappa shape index (κ1) is 20.4. The van der Waals surface area contributed by atoms with Gasteiger partial charge in [-0.25, -0.2) is 0 Å². The Morgan fingerprint density at radius 3 is 2.77 bits per heavy atom. The molecule has 1 aliphatic carbocycles. The van der Waals surface area contributed by atoms with Gasteiger partial charge in [0.25, 0.3) is 5.91 Å². The first-order chi connectivity index (χ1) is 15.1. The second-order valence-electron chi connectivity index (χ2n) is 8.88. The Morgan fingerprint density at radius 2 is 1.94 bits per heavy atom. The Bertz CT molecular complexity index is 993. The van der Waals surface area contributed by atoms with Gasteiger partial charge in [0.2, 0.25) is 12.7 Å². The Kier molecular flexibility index (Phi) is 5.61. The monoisotopic (exact) mass is 440 g/mol. The predicted octanol–water partition coefficient (Wildman–Crippen LogP) is 3.77. The van der Waals surface area contributed by atoms with E-state index in [1.807, 2.05) is 29.2 Å². The molecule has 7 heteroatoms. The van der Waals surface area contributed by atoms with Gasteiger partial charge >= 0.3 is 0 Å². The van der Waals surface area contributed by atoms with Gasteiger partial charge in [-0.15, -0.1) is 11.3 Å². The number of thiophene rings is 1. The third kappa shape index (κ3) is 4.28. The van der Waals surface area contributed by atoms with Crippen molar-refractivity contribution in [2.24, 2.45) is 11.8 Å². The molecule has 6 nitrogen and oxygen atoms in total. The van der Waals surface area contributed by atoms with E-state index in [1.165, 1.54) is 10.4 Å². The zero-order chi connectivity index (χ0) is 21.4. The highest BCUT2D eigenvalue weighted by Gasteiger charge is 2.29. The lowest BCUT2D eigenvalue weighted by molar-refractivity contribution is -0.125. The fourth-order valence-corrected chi connectivity index (χ4v) is 5.78. The summed E-state index contributed by atoms with van der Waals surface area (Å²) in [7, 11) is 0. The fourth-order valence-electron chi connectivity index (χ4n) is 4.60. The van der Waals surface area contributed by atoms with Crippen LogP contribution in [0.5, 0.6) is 11.5 Å². The van der Waals surface area contributed by atoms with E-state index >= 15 is 0 Å². The van der Waals surface area contributed by atoms with Crippen LogP contribution in [0.3, 0.4) is 0 Å². The molecule has 3 aliphatic rings.